The summed E-state index contributed by atoms with van der Waals surface area (Å²) in [5.41, 5.74) is 5.55. The van der Waals surface area contributed by atoms with Crippen molar-refractivity contribution in [2.45, 2.75) is 51.6 Å². The zero-order valence-corrected chi connectivity index (χ0v) is 26.0. The molecule has 0 radical (unpaired) electrons. The van der Waals surface area contributed by atoms with Crippen molar-refractivity contribution < 1.29 is 9.59 Å². The molecule has 2 aliphatic heterocycles. The number of carbonyl (C=O) groups is 2. The van der Waals surface area contributed by atoms with Crippen LogP contribution in [0.1, 0.15) is 70.6 Å². The summed E-state index contributed by atoms with van der Waals surface area (Å²) in [7, 11) is 0. The Balaban J connectivity index is 1.29. The van der Waals surface area contributed by atoms with E-state index in [0.717, 1.165) is 35.5 Å². The maximum Gasteiger partial charge on any atom is 0.255 e. The first-order valence-corrected chi connectivity index (χ1v) is 15.5. The number of amides is 2. The molecule has 8 heteroatoms. The number of pyridine rings is 1. The van der Waals surface area contributed by atoms with E-state index in [-0.39, 0.29) is 28.7 Å². The van der Waals surface area contributed by atoms with Crippen LogP contribution in [0.15, 0.2) is 89.7 Å². The molecule has 0 saturated carbocycles. The number of fused-ring (bicyclic) bond motifs is 4. The average molecular weight is 609 g/mol. The molecule has 0 spiro atoms. The highest BCUT2D eigenvalue weighted by Gasteiger charge is 2.35. The van der Waals surface area contributed by atoms with Gasteiger partial charge in [-0.1, -0.05) is 62.7 Å². The molecule has 1 aromatic heterocycles. The molecular formula is C36H37ClN4O3. The second kappa shape index (κ2) is 12.0. The number of nitrogens with zero attached hydrogens (tertiary/aromatic N) is 2. The van der Waals surface area contributed by atoms with Crippen molar-refractivity contribution in [3.63, 3.8) is 0 Å². The zero-order chi connectivity index (χ0) is 31.0. The Morgan fingerprint density at radius 1 is 0.864 bits per heavy atom. The van der Waals surface area contributed by atoms with Crippen molar-refractivity contribution >= 4 is 34.8 Å². The normalized spacial score (nSPS) is 17.5. The Morgan fingerprint density at radius 3 is 2.36 bits per heavy atom. The molecule has 3 aromatic carbocycles. The molecule has 2 aliphatic rings. The lowest BCUT2D eigenvalue weighted by Gasteiger charge is -2.44. The maximum absolute atomic E-state index is 13.6. The monoisotopic (exact) mass is 608 g/mol. The first-order valence-electron chi connectivity index (χ1n) is 15.1. The van der Waals surface area contributed by atoms with Gasteiger partial charge in [0.2, 0.25) is 0 Å². The lowest BCUT2D eigenvalue weighted by atomic mass is 9.83. The van der Waals surface area contributed by atoms with Gasteiger partial charge in [-0.05, 0) is 77.4 Å². The van der Waals surface area contributed by atoms with Crippen LogP contribution >= 0.6 is 11.6 Å². The van der Waals surface area contributed by atoms with Gasteiger partial charge in [0.15, 0.2) is 0 Å². The van der Waals surface area contributed by atoms with Crippen molar-refractivity contribution in [2.24, 2.45) is 5.92 Å². The number of piperidine rings is 1. The van der Waals surface area contributed by atoms with Gasteiger partial charge in [-0.25, -0.2) is 0 Å². The van der Waals surface area contributed by atoms with Gasteiger partial charge in [-0.15, -0.1) is 0 Å². The molecule has 226 valence electrons. The van der Waals surface area contributed by atoms with E-state index in [9.17, 15) is 14.4 Å². The molecule has 4 aromatic rings. The van der Waals surface area contributed by atoms with Gasteiger partial charge in [0.05, 0.1) is 11.4 Å². The summed E-state index contributed by atoms with van der Waals surface area (Å²) in [6.07, 6.45) is 1.02. The van der Waals surface area contributed by atoms with Crippen LogP contribution in [-0.2, 0) is 18.5 Å². The third kappa shape index (κ3) is 6.29. The molecule has 2 unspecified atom stereocenters. The van der Waals surface area contributed by atoms with Crippen LogP contribution in [-0.4, -0.2) is 29.5 Å². The van der Waals surface area contributed by atoms with Crippen LogP contribution in [0.4, 0.5) is 11.4 Å². The summed E-state index contributed by atoms with van der Waals surface area (Å²) in [5, 5.41) is 6.70. The second-order valence-corrected chi connectivity index (χ2v) is 13.4. The molecule has 2 bridgehead atoms. The SMILES string of the molecule is CC(C)(C)c1ccc(C(=O)Nc2cc(C(=O)NCc3cccc(Cl)c3)ccc2N2CC3CC(C2)c2cccc(=O)n2C3)cc1. The smallest absolute Gasteiger partial charge is 0.255 e. The van der Waals surface area contributed by atoms with E-state index in [1.807, 2.05) is 65.2 Å². The van der Waals surface area contributed by atoms with Crippen molar-refractivity contribution in [1.29, 1.82) is 0 Å². The summed E-state index contributed by atoms with van der Waals surface area (Å²) in [4.78, 5) is 41.6. The van der Waals surface area contributed by atoms with Gasteiger partial charge < -0.3 is 20.1 Å². The van der Waals surface area contributed by atoms with E-state index in [1.165, 1.54) is 0 Å². The molecule has 7 nitrogen and oxygen atoms in total. The van der Waals surface area contributed by atoms with Crippen LogP contribution in [0.3, 0.4) is 0 Å². The van der Waals surface area contributed by atoms with Gasteiger partial charge in [0, 0.05) is 60.0 Å². The highest BCUT2D eigenvalue weighted by atomic mass is 35.5. The molecule has 44 heavy (non-hydrogen) atoms. The third-order valence-electron chi connectivity index (χ3n) is 8.68. The molecule has 3 heterocycles. The quantitative estimate of drug-likeness (QED) is 0.258. The zero-order valence-electron chi connectivity index (χ0n) is 25.3. The Hall–Kier alpha value is -4.36. The molecule has 2 amide bonds. The molecule has 2 atom stereocenters. The minimum Gasteiger partial charge on any atom is -0.369 e. The van der Waals surface area contributed by atoms with Crippen molar-refractivity contribution in [3.8, 4) is 0 Å². The number of carbonyl (C=O) groups excluding carboxylic acids is 2. The lowest BCUT2D eigenvalue weighted by Crippen LogP contribution is -2.47. The highest BCUT2D eigenvalue weighted by Crippen LogP contribution is 2.39. The van der Waals surface area contributed by atoms with E-state index in [0.29, 0.717) is 47.4 Å². The van der Waals surface area contributed by atoms with Crippen LogP contribution in [0.2, 0.25) is 5.02 Å². The summed E-state index contributed by atoms with van der Waals surface area (Å²) in [5.74, 6) is 0.0174. The summed E-state index contributed by atoms with van der Waals surface area (Å²) in [6, 6.07) is 26.0. The highest BCUT2D eigenvalue weighted by molar-refractivity contribution is 6.30. The third-order valence-corrected chi connectivity index (χ3v) is 8.92. The van der Waals surface area contributed by atoms with Crippen LogP contribution < -0.4 is 21.1 Å². The Labute approximate surface area is 262 Å². The second-order valence-electron chi connectivity index (χ2n) is 12.9. The van der Waals surface area contributed by atoms with Crippen molar-refractivity contribution in [1.82, 2.24) is 9.88 Å². The number of rotatable bonds is 6. The van der Waals surface area contributed by atoms with E-state index in [1.54, 1.807) is 24.3 Å². The molecule has 0 aliphatic carbocycles. The summed E-state index contributed by atoms with van der Waals surface area (Å²) < 4.78 is 1.91. The number of aromatic nitrogens is 1. The van der Waals surface area contributed by atoms with Crippen molar-refractivity contribution in [3.05, 3.63) is 128 Å². The minimum absolute atomic E-state index is 0.0228. The number of hydrogen-bond donors (Lipinski definition) is 2. The minimum atomic E-state index is -0.245. The predicted octanol–water partition coefficient (Wildman–Crippen LogP) is 6.61. The Kier molecular flexibility index (Phi) is 8.08. The number of nitrogens with one attached hydrogen (secondary N) is 2. The predicted molar refractivity (Wildman–Crippen MR) is 176 cm³/mol. The number of anilines is 2. The van der Waals surface area contributed by atoms with E-state index in [4.69, 9.17) is 11.6 Å². The first-order chi connectivity index (χ1) is 21.0. The van der Waals surface area contributed by atoms with Gasteiger partial charge in [0.1, 0.15) is 0 Å². The largest absolute Gasteiger partial charge is 0.369 e. The van der Waals surface area contributed by atoms with Gasteiger partial charge in [-0.2, -0.15) is 0 Å². The summed E-state index contributed by atoms with van der Waals surface area (Å²) >= 11 is 6.12. The van der Waals surface area contributed by atoms with Crippen LogP contribution in [0.5, 0.6) is 0 Å². The Bertz CT molecular complexity index is 1770. The molecule has 6 rings (SSSR count). The van der Waals surface area contributed by atoms with Gasteiger partial charge >= 0.3 is 0 Å². The van der Waals surface area contributed by atoms with E-state index in [2.05, 4.69) is 36.3 Å². The van der Waals surface area contributed by atoms with Crippen LogP contribution in [0, 0.1) is 5.92 Å². The molecule has 1 saturated heterocycles. The van der Waals surface area contributed by atoms with Crippen molar-refractivity contribution in [2.75, 3.05) is 23.3 Å². The Morgan fingerprint density at radius 2 is 1.61 bits per heavy atom. The van der Waals surface area contributed by atoms with Gasteiger partial charge in [-0.3, -0.25) is 14.4 Å². The lowest BCUT2D eigenvalue weighted by molar-refractivity contribution is 0.0949. The number of benzene rings is 3. The number of halogens is 1. The van der Waals surface area contributed by atoms with E-state index < -0.39 is 0 Å². The molecule has 1 fully saturated rings. The van der Waals surface area contributed by atoms with Gasteiger partial charge in [0.25, 0.3) is 17.4 Å². The average Bonchev–Trinajstić information content (AvgIpc) is 3.00. The molecular weight excluding hydrogens is 572 g/mol. The molecule has 2 N–H and O–H groups in total. The number of hydrogen-bond acceptors (Lipinski definition) is 4. The first kappa shape index (κ1) is 29.7. The fourth-order valence-corrected chi connectivity index (χ4v) is 6.61. The van der Waals surface area contributed by atoms with E-state index >= 15 is 0 Å². The van der Waals surface area contributed by atoms with Crippen LogP contribution in [0.25, 0.3) is 0 Å². The topological polar surface area (TPSA) is 83.4 Å². The summed E-state index contributed by atoms with van der Waals surface area (Å²) in [6.45, 7) is 8.88. The fourth-order valence-electron chi connectivity index (χ4n) is 6.39. The maximum atomic E-state index is 13.6. The standard InChI is InChI=1S/C36H37ClN4O3/c1-36(2,3)28-13-10-25(11-14-28)35(44)39-30-18-26(34(43)38-19-23-6-4-7-29(37)17-23)12-15-32(30)40-20-24-16-27(22-40)31-8-5-9-33(42)41(31)21-24/h4-15,17-18,24,27H,16,19-22H2,1-3H3,(H,38,43)(H,39,44). The fraction of sp³-hybridized carbons (Fsp3) is 0.306.